The van der Waals surface area contributed by atoms with Gasteiger partial charge in [-0.25, -0.2) is 9.10 Å². The molecule has 0 saturated heterocycles. The highest BCUT2D eigenvalue weighted by atomic mass is 32.2. The first-order chi connectivity index (χ1) is 16.2. The Morgan fingerprint density at radius 1 is 0.914 bits per heavy atom. The molecule has 190 valence electrons. The summed E-state index contributed by atoms with van der Waals surface area (Å²) in [4.78, 5) is 25.5. The number of hydrogen-bond donors (Lipinski definition) is 2. The number of benzene rings is 2. The van der Waals surface area contributed by atoms with Crippen molar-refractivity contribution in [2.75, 3.05) is 15.2 Å². The zero-order valence-corrected chi connectivity index (χ0v) is 21.8. The average molecular weight is 503 g/mol. The normalized spacial score (nSPS) is 15.9. The molecule has 0 saturated carbocycles. The van der Waals surface area contributed by atoms with Gasteiger partial charge in [-0.05, 0) is 65.8 Å². The van der Waals surface area contributed by atoms with Crippen LogP contribution in [-0.4, -0.2) is 44.1 Å². The van der Waals surface area contributed by atoms with E-state index in [0.717, 1.165) is 0 Å². The molecule has 9 nitrogen and oxygen atoms in total. The molecule has 10 heteroatoms. The van der Waals surface area contributed by atoms with E-state index in [-0.39, 0.29) is 18.7 Å². The number of para-hydroxylation sites is 3. The number of nitrogens with one attached hydrogen (secondary N) is 2. The summed E-state index contributed by atoms with van der Waals surface area (Å²) in [5.41, 5.74) is 0.291. The van der Waals surface area contributed by atoms with E-state index in [1.54, 1.807) is 69.3 Å². The number of amides is 1. The average Bonchev–Trinajstić information content (AvgIpc) is 2.95. The molecule has 3 rings (SSSR count). The van der Waals surface area contributed by atoms with Gasteiger partial charge in [0.05, 0.1) is 17.1 Å². The number of alkyl carbamates (subject to hydrolysis) is 1. The molecule has 0 bridgehead atoms. The summed E-state index contributed by atoms with van der Waals surface area (Å²) < 4.78 is 34.9. The molecule has 1 heterocycles. The highest BCUT2D eigenvalue weighted by Crippen LogP contribution is 2.45. The van der Waals surface area contributed by atoms with E-state index in [0.29, 0.717) is 17.1 Å². The van der Waals surface area contributed by atoms with Crippen molar-refractivity contribution in [1.82, 2.24) is 10.6 Å². The van der Waals surface area contributed by atoms with E-state index in [9.17, 15) is 18.0 Å². The van der Waals surface area contributed by atoms with E-state index in [2.05, 4.69) is 10.6 Å². The Labute approximate surface area is 207 Å². The molecule has 1 aliphatic rings. The van der Waals surface area contributed by atoms with Gasteiger partial charge >= 0.3 is 16.3 Å². The highest BCUT2D eigenvalue weighted by molar-refractivity contribution is 7.95. The zero-order chi connectivity index (χ0) is 26.0. The maximum absolute atomic E-state index is 13.5. The second-order valence-electron chi connectivity index (χ2n) is 10.4. The van der Waals surface area contributed by atoms with Crippen LogP contribution in [0.5, 0.6) is 0 Å². The molecule has 1 unspecified atom stereocenters. The van der Waals surface area contributed by atoms with E-state index >= 15 is 0 Å². The molecule has 1 amide bonds. The van der Waals surface area contributed by atoms with Crippen molar-refractivity contribution in [3.63, 3.8) is 0 Å². The van der Waals surface area contributed by atoms with Gasteiger partial charge in [-0.2, -0.15) is 8.42 Å². The number of carbonyl (C=O) groups is 2. The van der Waals surface area contributed by atoms with Crippen molar-refractivity contribution in [2.45, 2.75) is 65.3 Å². The van der Waals surface area contributed by atoms with Gasteiger partial charge in [0.15, 0.2) is 5.78 Å². The number of rotatable bonds is 7. The molecule has 0 aliphatic carbocycles. The Bertz CT molecular complexity index is 1170. The maximum Gasteiger partial charge on any atom is 0.409 e. The Hall–Kier alpha value is -3.11. The molecule has 2 aromatic rings. The second kappa shape index (κ2) is 9.87. The minimum atomic E-state index is -3.96. The summed E-state index contributed by atoms with van der Waals surface area (Å²) in [5.74, 6) is -0.364. The summed E-state index contributed by atoms with van der Waals surface area (Å²) in [5, 5.41) is 5.66. The predicted molar refractivity (Wildman–Crippen MR) is 137 cm³/mol. The smallest absolute Gasteiger partial charge is 0.409 e. The van der Waals surface area contributed by atoms with Crippen LogP contribution in [0.25, 0.3) is 0 Å². The molecule has 0 spiro atoms. The second-order valence-corrected chi connectivity index (χ2v) is 12.1. The molecule has 0 radical (unpaired) electrons. The van der Waals surface area contributed by atoms with Crippen molar-refractivity contribution in [2.24, 2.45) is 0 Å². The monoisotopic (exact) mass is 502 g/mol. The van der Waals surface area contributed by atoms with Gasteiger partial charge in [-0.1, -0.05) is 30.3 Å². The van der Waals surface area contributed by atoms with Gasteiger partial charge < -0.3 is 4.74 Å². The van der Waals surface area contributed by atoms with Crippen molar-refractivity contribution < 1.29 is 22.7 Å². The van der Waals surface area contributed by atoms with Crippen LogP contribution in [0.2, 0.25) is 0 Å². The number of fused-ring (bicyclic) bond motifs is 1. The van der Waals surface area contributed by atoms with E-state index in [1.807, 2.05) is 26.8 Å². The number of carbonyl (C=O) groups excluding carboxylic acids is 2. The lowest BCUT2D eigenvalue weighted by Crippen LogP contribution is -2.57. The lowest BCUT2D eigenvalue weighted by molar-refractivity contribution is -0.122. The standard InChI is InChI=1S/C25H34N4O5S/c1-24(2,3)27-22(26-23(31)34-25(4,5)6)21(30)16-17-28-19-14-10-11-15-20(19)29(35(28,32)33)18-12-8-7-9-13-18/h7-15,22,27H,16-17H2,1-6H3,(H,26,31). The van der Waals surface area contributed by atoms with Gasteiger partial charge in [0.1, 0.15) is 11.8 Å². The largest absolute Gasteiger partial charge is 0.444 e. The molecule has 35 heavy (non-hydrogen) atoms. The van der Waals surface area contributed by atoms with Crippen molar-refractivity contribution >= 4 is 39.1 Å². The topological polar surface area (TPSA) is 108 Å². The van der Waals surface area contributed by atoms with Gasteiger partial charge in [0.25, 0.3) is 0 Å². The first-order valence-corrected chi connectivity index (χ1v) is 12.9. The molecule has 1 atom stereocenters. The third kappa shape index (κ3) is 6.52. The van der Waals surface area contributed by atoms with E-state index < -0.39 is 33.6 Å². The van der Waals surface area contributed by atoms with Crippen LogP contribution in [0.3, 0.4) is 0 Å². The van der Waals surface area contributed by atoms with E-state index in [4.69, 9.17) is 4.74 Å². The summed E-state index contributed by atoms with van der Waals surface area (Å²) in [6.07, 6.45) is -1.91. The van der Waals surface area contributed by atoms with Crippen LogP contribution in [0, 0.1) is 0 Å². The van der Waals surface area contributed by atoms with Gasteiger partial charge in [0.2, 0.25) is 0 Å². The predicted octanol–water partition coefficient (Wildman–Crippen LogP) is 4.09. The Kier molecular flexibility index (Phi) is 7.47. The van der Waals surface area contributed by atoms with Crippen LogP contribution in [0.15, 0.2) is 54.6 Å². The maximum atomic E-state index is 13.5. The quantitative estimate of drug-likeness (QED) is 0.552. The fourth-order valence-electron chi connectivity index (χ4n) is 3.68. The summed E-state index contributed by atoms with van der Waals surface area (Å²) >= 11 is 0. The number of ketones is 1. The minimum Gasteiger partial charge on any atom is -0.444 e. The molecule has 2 N–H and O–H groups in total. The van der Waals surface area contributed by atoms with Gasteiger partial charge in [0, 0.05) is 18.5 Å². The van der Waals surface area contributed by atoms with Crippen LogP contribution < -0.4 is 19.2 Å². The van der Waals surface area contributed by atoms with Gasteiger partial charge in [-0.3, -0.25) is 19.7 Å². The Morgan fingerprint density at radius 3 is 2.06 bits per heavy atom. The van der Waals surface area contributed by atoms with Crippen molar-refractivity contribution in [3.8, 4) is 0 Å². The lowest BCUT2D eigenvalue weighted by Gasteiger charge is -2.30. The molecule has 0 aromatic heterocycles. The third-order valence-electron chi connectivity index (χ3n) is 4.99. The molecule has 1 aliphatic heterocycles. The van der Waals surface area contributed by atoms with Crippen LogP contribution in [0.4, 0.5) is 21.9 Å². The number of Topliss-reactive ketones (excluding diaryl/α,β-unsaturated/α-hetero) is 1. The number of nitrogens with zero attached hydrogens (tertiary/aromatic N) is 2. The number of hydrogen-bond acceptors (Lipinski definition) is 6. The molecule has 2 aromatic carbocycles. The Morgan fingerprint density at radius 2 is 1.49 bits per heavy atom. The SMILES string of the molecule is CC(C)(C)NC(NC(=O)OC(C)(C)C)C(=O)CCN1c2ccccc2N(c2ccccc2)S1(=O)=O. The minimum absolute atomic E-state index is 0.0835. The highest BCUT2D eigenvalue weighted by Gasteiger charge is 2.41. The first-order valence-electron chi connectivity index (χ1n) is 11.5. The van der Waals surface area contributed by atoms with Gasteiger partial charge in [-0.15, -0.1) is 0 Å². The fourth-order valence-corrected chi connectivity index (χ4v) is 5.39. The third-order valence-corrected chi connectivity index (χ3v) is 6.80. The zero-order valence-electron chi connectivity index (χ0n) is 21.0. The number of anilines is 3. The van der Waals surface area contributed by atoms with Crippen LogP contribution in [0.1, 0.15) is 48.0 Å². The summed E-state index contributed by atoms with van der Waals surface area (Å²) in [6.45, 7) is 10.7. The van der Waals surface area contributed by atoms with E-state index in [1.165, 1.54) is 8.61 Å². The van der Waals surface area contributed by atoms with Crippen LogP contribution in [-0.2, 0) is 19.7 Å². The summed E-state index contributed by atoms with van der Waals surface area (Å²) in [7, 11) is -3.96. The van der Waals surface area contributed by atoms with Crippen LogP contribution >= 0.6 is 0 Å². The molecule has 0 fully saturated rings. The van der Waals surface area contributed by atoms with Crippen molar-refractivity contribution in [3.05, 3.63) is 54.6 Å². The van der Waals surface area contributed by atoms with Crippen molar-refractivity contribution in [1.29, 1.82) is 0 Å². The Balaban J connectivity index is 1.82. The number of ether oxygens (including phenoxy) is 1. The first kappa shape index (κ1) is 26.5. The summed E-state index contributed by atoms with van der Waals surface area (Å²) in [6, 6.07) is 15.8. The molecular weight excluding hydrogens is 468 g/mol. The fraction of sp³-hybridized carbons (Fsp3) is 0.440. The lowest BCUT2D eigenvalue weighted by atomic mass is 10.1. The molecular formula is C25H34N4O5S.